The Labute approximate surface area is 142 Å². The molecule has 3 rings (SSSR count). The van der Waals surface area contributed by atoms with Gasteiger partial charge in [-0.25, -0.2) is 0 Å². The van der Waals surface area contributed by atoms with Crippen molar-refractivity contribution in [1.29, 1.82) is 0 Å². The molecule has 122 valence electrons. The van der Waals surface area contributed by atoms with Gasteiger partial charge in [-0.15, -0.1) is 0 Å². The maximum atomic E-state index is 11.6. The minimum Gasteiger partial charge on any atom is -0.497 e. The maximum Gasteiger partial charge on any atom is 0.119 e. The summed E-state index contributed by atoms with van der Waals surface area (Å²) < 4.78 is 5.38. The van der Waals surface area contributed by atoms with Crippen LogP contribution in [0.2, 0.25) is 0 Å². The average Bonchev–Trinajstić information content (AvgIpc) is 2.55. The number of hydrogen-bond donors (Lipinski definition) is 1. The van der Waals surface area contributed by atoms with Gasteiger partial charge in [-0.1, -0.05) is 30.0 Å². The Kier molecular flexibility index (Phi) is 4.67. The number of hydrogen-bond acceptors (Lipinski definition) is 4. The topological polar surface area (TPSA) is 32.7 Å². The quantitative estimate of drug-likeness (QED) is 0.906. The molecule has 4 heteroatoms. The van der Waals surface area contributed by atoms with E-state index in [9.17, 15) is 5.11 Å². The highest BCUT2D eigenvalue weighted by molar-refractivity contribution is 7.99. The van der Waals surface area contributed by atoms with Crippen LogP contribution in [0.4, 0.5) is 0 Å². The van der Waals surface area contributed by atoms with Crippen LogP contribution >= 0.6 is 11.8 Å². The smallest absolute Gasteiger partial charge is 0.119 e. The summed E-state index contributed by atoms with van der Waals surface area (Å²) in [5, 5.41) is 11.6. The standard InChI is InChI=1S/C19H23NO2S/c1-20(2)12-6-11-19(21)15-7-4-5-8-17(15)23-18-10-9-14(22-3)13-16(18)19/h4-5,7-10,13,21H,6,11-12H2,1-3H3/t19-/m1/s1. The monoisotopic (exact) mass is 329 g/mol. The molecular weight excluding hydrogens is 306 g/mol. The summed E-state index contributed by atoms with van der Waals surface area (Å²) >= 11 is 1.72. The number of methoxy groups -OCH3 is 1. The fourth-order valence-electron chi connectivity index (χ4n) is 3.13. The summed E-state index contributed by atoms with van der Waals surface area (Å²) in [7, 11) is 5.79. The van der Waals surface area contributed by atoms with E-state index in [0.29, 0.717) is 6.42 Å². The van der Waals surface area contributed by atoms with Gasteiger partial charge in [-0.2, -0.15) is 0 Å². The first kappa shape index (κ1) is 16.4. The second-order valence-electron chi connectivity index (χ2n) is 6.23. The lowest BCUT2D eigenvalue weighted by Crippen LogP contribution is -2.32. The molecule has 1 heterocycles. The molecule has 0 amide bonds. The van der Waals surface area contributed by atoms with Gasteiger partial charge >= 0.3 is 0 Å². The Morgan fingerprint density at radius 1 is 1.09 bits per heavy atom. The molecule has 0 bridgehead atoms. The van der Waals surface area contributed by atoms with E-state index >= 15 is 0 Å². The molecular formula is C19H23NO2S. The molecule has 1 N–H and O–H groups in total. The van der Waals surface area contributed by atoms with Gasteiger partial charge in [0.25, 0.3) is 0 Å². The molecule has 0 radical (unpaired) electrons. The molecule has 0 aliphatic carbocycles. The first-order chi connectivity index (χ1) is 11.0. The van der Waals surface area contributed by atoms with Crippen molar-refractivity contribution in [2.75, 3.05) is 27.7 Å². The van der Waals surface area contributed by atoms with Crippen LogP contribution < -0.4 is 4.74 Å². The van der Waals surface area contributed by atoms with Crippen molar-refractivity contribution < 1.29 is 9.84 Å². The highest BCUT2D eigenvalue weighted by Gasteiger charge is 2.39. The molecule has 1 aliphatic heterocycles. The summed E-state index contributed by atoms with van der Waals surface area (Å²) in [5.41, 5.74) is 1.01. The molecule has 1 atom stereocenters. The van der Waals surface area contributed by atoms with Crippen LogP contribution in [-0.4, -0.2) is 37.8 Å². The van der Waals surface area contributed by atoms with Crippen molar-refractivity contribution >= 4 is 11.8 Å². The second kappa shape index (κ2) is 6.56. The van der Waals surface area contributed by atoms with Crippen LogP contribution in [0.3, 0.4) is 0 Å². The van der Waals surface area contributed by atoms with Gasteiger partial charge in [0, 0.05) is 20.9 Å². The third-order valence-electron chi connectivity index (χ3n) is 4.33. The lowest BCUT2D eigenvalue weighted by atomic mass is 9.82. The fraction of sp³-hybridized carbons (Fsp3) is 0.368. The molecule has 23 heavy (non-hydrogen) atoms. The van der Waals surface area contributed by atoms with E-state index in [0.717, 1.165) is 39.6 Å². The Hall–Kier alpha value is -1.49. The van der Waals surface area contributed by atoms with E-state index in [-0.39, 0.29) is 0 Å². The maximum absolute atomic E-state index is 11.6. The molecule has 0 spiro atoms. The first-order valence-electron chi connectivity index (χ1n) is 7.87. The molecule has 2 aromatic carbocycles. The fourth-order valence-corrected chi connectivity index (χ4v) is 4.33. The lowest BCUT2D eigenvalue weighted by Gasteiger charge is -2.36. The van der Waals surface area contributed by atoms with Crippen LogP contribution in [-0.2, 0) is 5.60 Å². The Morgan fingerprint density at radius 3 is 2.57 bits per heavy atom. The Bertz CT molecular complexity index is 702. The van der Waals surface area contributed by atoms with Crippen LogP contribution in [0, 0.1) is 0 Å². The molecule has 2 aromatic rings. The third-order valence-corrected chi connectivity index (χ3v) is 5.48. The molecule has 0 saturated carbocycles. The van der Waals surface area contributed by atoms with E-state index in [1.807, 2.05) is 36.4 Å². The van der Waals surface area contributed by atoms with Crippen LogP contribution in [0.25, 0.3) is 0 Å². The predicted molar refractivity (Wildman–Crippen MR) is 94.3 cm³/mol. The van der Waals surface area contributed by atoms with Crippen molar-refractivity contribution in [3.05, 3.63) is 53.6 Å². The van der Waals surface area contributed by atoms with Crippen molar-refractivity contribution in [1.82, 2.24) is 4.90 Å². The van der Waals surface area contributed by atoms with Gasteiger partial charge in [0.15, 0.2) is 0 Å². The summed E-state index contributed by atoms with van der Waals surface area (Å²) in [6.45, 7) is 0.955. The van der Waals surface area contributed by atoms with E-state index in [4.69, 9.17) is 4.74 Å². The van der Waals surface area contributed by atoms with E-state index in [1.54, 1.807) is 18.9 Å². The van der Waals surface area contributed by atoms with Gasteiger partial charge in [0.05, 0.1) is 7.11 Å². The second-order valence-corrected chi connectivity index (χ2v) is 7.31. The van der Waals surface area contributed by atoms with Crippen molar-refractivity contribution in [2.45, 2.75) is 28.2 Å². The van der Waals surface area contributed by atoms with Crippen LogP contribution in [0.5, 0.6) is 5.75 Å². The summed E-state index contributed by atoms with van der Waals surface area (Å²) in [4.78, 5) is 4.40. The summed E-state index contributed by atoms with van der Waals surface area (Å²) in [6, 6.07) is 14.1. The number of fused-ring (bicyclic) bond motifs is 2. The Morgan fingerprint density at radius 2 is 1.83 bits per heavy atom. The number of rotatable bonds is 5. The Balaban J connectivity index is 2.05. The van der Waals surface area contributed by atoms with Gasteiger partial charge in [-0.05, 0) is 57.7 Å². The van der Waals surface area contributed by atoms with Gasteiger partial charge < -0.3 is 14.7 Å². The summed E-state index contributed by atoms with van der Waals surface area (Å²) in [6.07, 6.45) is 1.63. The SMILES string of the molecule is COc1ccc2c(c1)[C@@](O)(CCCN(C)C)c1ccccc1S2. The molecule has 3 nitrogen and oxygen atoms in total. The minimum absolute atomic E-state index is 0.697. The number of aliphatic hydroxyl groups is 1. The molecule has 1 aliphatic rings. The molecule has 0 fully saturated rings. The number of benzene rings is 2. The number of ether oxygens (including phenoxy) is 1. The van der Waals surface area contributed by atoms with Gasteiger partial charge in [-0.3, -0.25) is 0 Å². The third kappa shape index (κ3) is 3.11. The average molecular weight is 329 g/mol. The predicted octanol–water partition coefficient (Wildman–Crippen LogP) is 3.74. The highest BCUT2D eigenvalue weighted by Crippen LogP contribution is 2.50. The van der Waals surface area contributed by atoms with Crippen molar-refractivity contribution in [3.63, 3.8) is 0 Å². The molecule has 0 saturated heterocycles. The summed E-state index contributed by atoms with van der Waals surface area (Å²) in [5.74, 6) is 0.787. The largest absolute Gasteiger partial charge is 0.497 e. The normalized spacial score (nSPS) is 19.3. The van der Waals surface area contributed by atoms with E-state index in [1.165, 1.54) is 0 Å². The van der Waals surface area contributed by atoms with E-state index < -0.39 is 5.60 Å². The lowest BCUT2D eigenvalue weighted by molar-refractivity contribution is 0.0597. The zero-order chi connectivity index (χ0) is 16.4. The minimum atomic E-state index is -0.957. The van der Waals surface area contributed by atoms with Gasteiger partial charge in [0.2, 0.25) is 0 Å². The van der Waals surface area contributed by atoms with Crippen LogP contribution in [0.1, 0.15) is 24.0 Å². The van der Waals surface area contributed by atoms with Crippen molar-refractivity contribution in [2.24, 2.45) is 0 Å². The van der Waals surface area contributed by atoms with Crippen LogP contribution in [0.15, 0.2) is 52.3 Å². The van der Waals surface area contributed by atoms with E-state index in [2.05, 4.69) is 25.1 Å². The van der Waals surface area contributed by atoms with Gasteiger partial charge in [0.1, 0.15) is 11.4 Å². The molecule has 0 aromatic heterocycles. The molecule has 0 unspecified atom stereocenters. The number of nitrogens with zero attached hydrogens (tertiary/aromatic N) is 1. The zero-order valence-corrected chi connectivity index (χ0v) is 14.7. The van der Waals surface area contributed by atoms with Crippen molar-refractivity contribution in [3.8, 4) is 5.75 Å². The first-order valence-corrected chi connectivity index (χ1v) is 8.69. The highest BCUT2D eigenvalue weighted by atomic mass is 32.2. The zero-order valence-electron chi connectivity index (χ0n) is 13.9.